The molecule has 1 N–H and O–H groups in total. The summed E-state index contributed by atoms with van der Waals surface area (Å²) >= 11 is 12.0. The number of hydrogen-bond donors (Lipinski definition) is 1. The van der Waals surface area contributed by atoms with Crippen LogP contribution < -0.4 is 5.32 Å². The zero-order chi connectivity index (χ0) is 17.1. The maximum atomic E-state index is 12.3. The van der Waals surface area contributed by atoms with Gasteiger partial charge in [0.25, 0.3) is 5.91 Å². The van der Waals surface area contributed by atoms with Gasteiger partial charge in [0.15, 0.2) is 0 Å². The first-order valence-corrected chi connectivity index (χ1v) is 8.08. The summed E-state index contributed by atoms with van der Waals surface area (Å²) in [6, 6.07) is 16.5. The molecule has 0 aliphatic heterocycles. The predicted octanol–water partition coefficient (Wildman–Crippen LogP) is 5.62. The molecule has 0 aliphatic rings. The van der Waals surface area contributed by atoms with E-state index in [4.69, 9.17) is 23.2 Å². The van der Waals surface area contributed by atoms with Crippen molar-refractivity contribution in [3.63, 3.8) is 0 Å². The lowest BCUT2D eigenvalue weighted by Crippen LogP contribution is -2.12. The predicted molar refractivity (Wildman–Crippen MR) is 98.8 cm³/mol. The summed E-state index contributed by atoms with van der Waals surface area (Å²) in [6.45, 7) is 1.95. The average molecular weight is 357 g/mol. The summed E-state index contributed by atoms with van der Waals surface area (Å²) in [5, 5.41) is 3.43. The molecule has 2 aromatic carbocycles. The van der Waals surface area contributed by atoms with Crippen LogP contribution in [0.2, 0.25) is 10.0 Å². The van der Waals surface area contributed by atoms with Gasteiger partial charge < -0.3 is 5.32 Å². The molecule has 0 saturated carbocycles. The van der Waals surface area contributed by atoms with Crippen LogP contribution in [0.4, 0.5) is 5.69 Å². The number of carbonyl (C=O) groups is 1. The van der Waals surface area contributed by atoms with Crippen molar-refractivity contribution >= 4 is 34.8 Å². The summed E-state index contributed by atoms with van der Waals surface area (Å²) in [7, 11) is 0. The second-order valence-electron chi connectivity index (χ2n) is 5.32. The maximum Gasteiger partial charge on any atom is 0.257 e. The van der Waals surface area contributed by atoms with Crippen LogP contribution in [0.1, 0.15) is 16.1 Å². The van der Waals surface area contributed by atoms with Crippen molar-refractivity contribution < 1.29 is 4.79 Å². The number of hydrogen-bond acceptors (Lipinski definition) is 2. The molecule has 3 aromatic rings. The fraction of sp³-hybridized carbons (Fsp3) is 0.0526. The zero-order valence-corrected chi connectivity index (χ0v) is 14.4. The molecule has 3 rings (SSSR count). The number of carbonyl (C=O) groups excluding carboxylic acids is 1. The van der Waals surface area contributed by atoms with E-state index in [0.717, 1.165) is 16.8 Å². The van der Waals surface area contributed by atoms with Gasteiger partial charge in [0, 0.05) is 17.6 Å². The largest absolute Gasteiger partial charge is 0.322 e. The first kappa shape index (κ1) is 16.5. The summed E-state index contributed by atoms with van der Waals surface area (Å²) < 4.78 is 0. The molecule has 1 aromatic heterocycles. The van der Waals surface area contributed by atoms with Gasteiger partial charge in [-0.25, -0.2) is 0 Å². The zero-order valence-electron chi connectivity index (χ0n) is 12.9. The monoisotopic (exact) mass is 356 g/mol. The van der Waals surface area contributed by atoms with Gasteiger partial charge in [0.2, 0.25) is 0 Å². The molecule has 0 aliphatic carbocycles. The summed E-state index contributed by atoms with van der Waals surface area (Å²) in [4.78, 5) is 16.5. The van der Waals surface area contributed by atoms with Gasteiger partial charge in [-0.2, -0.15) is 0 Å². The number of aryl methyl sites for hydroxylation is 1. The lowest BCUT2D eigenvalue weighted by atomic mass is 10.1. The summed E-state index contributed by atoms with van der Waals surface area (Å²) in [5.41, 5.74) is 4.13. The standard InChI is InChI=1S/C19H14Cl2N2O/c1-12-11-14(9-10-22-12)13-5-7-15(8-6-13)23-19(24)16-3-2-4-17(20)18(16)21/h2-11H,1H3,(H,23,24). The van der Waals surface area contributed by atoms with Crippen molar-refractivity contribution in [3.05, 3.63) is 82.1 Å². The minimum absolute atomic E-state index is 0.251. The quantitative estimate of drug-likeness (QED) is 0.661. The minimum atomic E-state index is -0.296. The second kappa shape index (κ2) is 7.04. The minimum Gasteiger partial charge on any atom is -0.322 e. The molecule has 0 saturated heterocycles. The SMILES string of the molecule is Cc1cc(-c2ccc(NC(=O)c3cccc(Cl)c3Cl)cc2)ccn1. The molecule has 0 fully saturated rings. The Morgan fingerprint density at radius 3 is 2.46 bits per heavy atom. The van der Waals surface area contributed by atoms with E-state index < -0.39 is 0 Å². The number of nitrogens with one attached hydrogen (secondary N) is 1. The number of anilines is 1. The van der Waals surface area contributed by atoms with Crippen LogP contribution in [0, 0.1) is 6.92 Å². The van der Waals surface area contributed by atoms with E-state index in [1.165, 1.54) is 0 Å². The number of rotatable bonds is 3. The van der Waals surface area contributed by atoms with Crippen LogP contribution in [0.15, 0.2) is 60.8 Å². The Kier molecular flexibility index (Phi) is 4.84. The van der Waals surface area contributed by atoms with Crippen LogP contribution in [0.5, 0.6) is 0 Å². The van der Waals surface area contributed by atoms with Crippen LogP contribution in [0.25, 0.3) is 11.1 Å². The van der Waals surface area contributed by atoms with Crippen molar-refractivity contribution in [1.29, 1.82) is 0 Å². The first-order chi connectivity index (χ1) is 11.5. The highest BCUT2D eigenvalue weighted by Crippen LogP contribution is 2.27. The van der Waals surface area contributed by atoms with Gasteiger partial charge in [-0.05, 0) is 54.4 Å². The highest BCUT2D eigenvalue weighted by atomic mass is 35.5. The number of nitrogens with zero attached hydrogens (tertiary/aromatic N) is 1. The van der Waals surface area contributed by atoms with Crippen molar-refractivity contribution in [1.82, 2.24) is 4.98 Å². The smallest absolute Gasteiger partial charge is 0.257 e. The van der Waals surface area contributed by atoms with Crippen LogP contribution >= 0.6 is 23.2 Å². The topological polar surface area (TPSA) is 42.0 Å². The summed E-state index contributed by atoms with van der Waals surface area (Å²) in [6.07, 6.45) is 1.78. The number of aromatic nitrogens is 1. The van der Waals surface area contributed by atoms with E-state index in [1.54, 1.807) is 24.4 Å². The highest BCUT2D eigenvalue weighted by molar-refractivity contribution is 6.44. The molecule has 1 heterocycles. The van der Waals surface area contributed by atoms with E-state index in [9.17, 15) is 4.79 Å². The molecule has 0 atom stereocenters. The Hall–Kier alpha value is -2.36. The molecule has 3 nitrogen and oxygen atoms in total. The fourth-order valence-corrected chi connectivity index (χ4v) is 2.74. The van der Waals surface area contributed by atoms with E-state index in [2.05, 4.69) is 10.3 Å². The highest BCUT2D eigenvalue weighted by Gasteiger charge is 2.12. The van der Waals surface area contributed by atoms with E-state index in [1.807, 2.05) is 43.3 Å². The molecular weight excluding hydrogens is 343 g/mol. The van der Waals surface area contributed by atoms with E-state index >= 15 is 0 Å². The van der Waals surface area contributed by atoms with Crippen LogP contribution in [-0.4, -0.2) is 10.9 Å². The van der Waals surface area contributed by atoms with Crippen molar-refractivity contribution in [2.24, 2.45) is 0 Å². The molecule has 24 heavy (non-hydrogen) atoms. The molecular formula is C19H14Cl2N2O. The molecule has 5 heteroatoms. The Bertz CT molecular complexity index is 892. The van der Waals surface area contributed by atoms with Crippen LogP contribution in [-0.2, 0) is 0 Å². The van der Waals surface area contributed by atoms with Gasteiger partial charge in [-0.3, -0.25) is 9.78 Å². The van der Waals surface area contributed by atoms with E-state index in [0.29, 0.717) is 16.3 Å². The normalized spacial score (nSPS) is 10.5. The third-order valence-electron chi connectivity index (χ3n) is 3.57. The van der Waals surface area contributed by atoms with Gasteiger partial charge in [-0.1, -0.05) is 41.4 Å². The van der Waals surface area contributed by atoms with Gasteiger partial charge >= 0.3 is 0 Å². The number of amides is 1. The van der Waals surface area contributed by atoms with E-state index in [-0.39, 0.29) is 10.9 Å². The fourth-order valence-electron chi connectivity index (χ4n) is 2.35. The molecule has 120 valence electrons. The van der Waals surface area contributed by atoms with Gasteiger partial charge in [0.1, 0.15) is 0 Å². The first-order valence-electron chi connectivity index (χ1n) is 7.33. The summed E-state index contributed by atoms with van der Waals surface area (Å²) in [5.74, 6) is -0.296. The Balaban J connectivity index is 1.79. The van der Waals surface area contributed by atoms with Gasteiger partial charge in [0.05, 0.1) is 15.6 Å². The third kappa shape index (κ3) is 3.58. The lowest BCUT2D eigenvalue weighted by molar-refractivity contribution is 0.102. The average Bonchev–Trinajstić information content (AvgIpc) is 2.58. The number of halogens is 2. The maximum absolute atomic E-state index is 12.3. The lowest BCUT2D eigenvalue weighted by Gasteiger charge is -2.09. The Morgan fingerprint density at radius 2 is 1.75 bits per heavy atom. The molecule has 0 spiro atoms. The molecule has 0 unspecified atom stereocenters. The molecule has 0 radical (unpaired) electrons. The third-order valence-corrected chi connectivity index (χ3v) is 4.39. The molecule has 0 bridgehead atoms. The second-order valence-corrected chi connectivity index (χ2v) is 6.10. The number of pyridine rings is 1. The van der Waals surface area contributed by atoms with Crippen molar-refractivity contribution in [3.8, 4) is 11.1 Å². The number of benzene rings is 2. The van der Waals surface area contributed by atoms with Gasteiger partial charge in [-0.15, -0.1) is 0 Å². The van der Waals surface area contributed by atoms with Crippen molar-refractivity contribution in [2.75, 3.05) is 5.32 Å². The van der Waals surface area contributed by atoms with Crippen LogP contribution in [0.3, 0.4) is 0 Å². The Labute approximate surface area is 150 Å². The molecule has 1 amide bonds. The Morgan fingerprint density at radius 1 is 1.00 bits per heavy atom. The van der Waals surface area contributed by atoms with Crippen molar-refractivity contribution in [2.45, 2.75) is 6.92 Å².